The number of nitrogens with one attached hydrogen (secondary N) is 1. The Balaban J connectivity index is 1.51. The average Bonchev–Trinajstić information content (AvgIpc) is 3.19. The van der Waals surface area contributed by atoms with E-state index < -0.39 is 17.6 Å². The number of hydrogen-bond acceptors (Lipinski definition) is 4. The van der Waals surface area contributed by atoms with Crippen molar-refractivity contribution in [3.63, 3.8) is 0 Å². The minimum Gasteiger partial charge on any atom is -0.479 e. The van der Waals surface area contributed by atoms with Crippen LogP contribution in [-0.4, -0.2) is 29.3 Å². The molecule has 0 heterocycles. The van der Waals surface area contributed by atoms with Crippen LogP contribution in [0.4, 0.5) is 4.79 Å². The normalized spacial score (nSPS) is 13.7. The third-order valence-electron chi connectivity index (χ3n) is 6.59. The number of fused-ring (bicyclic) bond motifs is 3. The van der Waals surface area contributed by atoms with Crippen molar-refractivity contribution in [2.24, 2.45) is 0 Å². The van der Waals surface area contributed by atoms with E-state index in [1.54, 1.807) is 0 Å². The fraction of sp³-hybridized carbons (Fsp3) is 0.276. The monoisotopic (exact) mass is 468 g/mol. The van der Waals surface area contributed by atoms with E-state index >= 15 is 0 Å². The summed E-state index contributed by atoms with van der Waals surface area (Å²) in [6, 6.07) is 27.4. The number of benzene rings is 3. The van der Waals surface area contributed by atoms with Gasteiger partial charge in [-0.15, -0.1) is 0 Å². The summed E-state index contributed by atoms with van der Waals surface area (Å²) >= 11 is 0. The summed E-state index contributed by atoms with van der Waals surface area (Å²) in [7, 11) is 0. The molecule has 1 aliphatic carbocycles. The first kappa shape index (κ1) is 24.0. The van der Waals surface area contributed by atoms with Crippen molar-refractivity contribution < 1.29 is 19.4 Å². The molecular formula is C29H28N2O4. The second kappa shape index (κ2) is 10.9. The van der Waals surface area contributed by atoms with Crippen LogP contribution in [0.5, 0.6) is 0 Å². The van der Waals surface area contributed by atoms with E-state index in [9.17, 15) is 14.7 Å². The molecule has 0 aromatic heterocycles. The van der Waals surface area contributed by atoms with E-state index in [0.717, 1.165) is 27.8 Å². The number of rotatable bonds is 10. The number of nitriles is 1. The maximum atomic E-state index is 13.0. The van der Waals surface area contributed by atoms with E-state index in [1.807, 2.05) is 66.7 Å². The highest BCUT2D eigenvalue weighted by Gasteiger charge is 2.40. The third kappa shape index (κ3) is 5.36. The van der Waals surface area contributed by atoms with Gasteiger partial charge in [0, 0.05) is 18.8 Å². The summed E-state index contributed by atoms with van der Waals surface area (Å²) in [5.74, 6) is -1.23. The van der Waals surface area contributed by atoms with Crippen molar-refractivity contribution in [3.05, 3.63) is 95.6 Å². The number of carboxylic acids is 1. The number of carbonyl (C=O) groups is 2. The van der Waals surface area contributed by atoms with Crippen molar-refractivity contribution in [1.82, 2.24) is 5.32 Å². The van der Waals surface area contributed by atoms with Gasteiger partial charge in [0.15, 0.2) is 0 Å². The second-order valence-electron chi connectivity index (χ2n) is 8.87. The lowest BCUT2D eigenvalue weighted by Crippen LogP contribution is -2.56. The predicted molar refractivity (Wildman–Crippen MR) is 133 cm³/mol. The molecule has 0 radical (unpaired) electrons. The van der Waals surface area contributed by atoms with Gasteiger partial charge in [-0.3, -0.25) is 0 Å². The smallest absolute Gasteiger partial charge is 0.408 e. The first-order valence-corrected chi connectivity index (χ1v) is 11.8. The molecule has 178 valence electrons. The van der Waals surface area contributed by atoms with E-state index in [0.29, 0.717) is 19.3 Å². The van der Waals surface area contributed by atoms with Crippen LogP contribution in [0, 0.1) is 11.3 Å². The molecule has 6 nitrogen and oxygen atoms in total. The lowest BCUT2D eigenvalue weighted by Gasteiger charge is -2.30. The van der Waals surface area contributed by atoms with Crippen LogP contribution >= 0.6 is 0 Å². The molecule has 0 bridgehead atoms. The molecule has 35 heavy (non-hydrogen) atoms. The number of amides is 1. The number of alkyl carbamates (subject to hydrolysis) is 1. The summed E-state index contributed by atoms with van der Waals surface area (Å²) < 4.78 is 5.64. The Morgan fingerprint density at radius 2 is 1.51 bits per heavy atom. The maximum absolute atomic E-state index is 13.0. The van der Waals surface area contributed by atoms with Gasteiger partial charge in [-0.1, -0.05) is 78.9 Å². The summed E-state index contributed by atoms with van der Waals surface area (Å²) in [5.41, 5.74) is 3.70. The molecule has 3 aromatic carbocycles. The number of carbonyl (C=O) groups excluding carboxylic acids is 1. The Morgan fingerprint density at radius 3 is 2.11 bits per heavy atom. The zero-order chi connectivity index (χ0) is 24.7. The van der Waals surface area contributed by atoms with Crippen LogP contribution in [0.15, 0.2) is 78.9 Å². The summed E-state index contributed by atoms with van der Waals surface area (Å²) in [4.78, 5) is 25.5. The summed E-state index contributed by atoms with van der Waals surface area (Å²) in [6.07, 6.45) is 0.961. The summed E-state index contributed by atoms with van der Waals surface area (Å²) in [5, 5.41) is 21.7. The van der Waals surface area contributed by atoms with Crippen LogP contribution in [0.2, 0.25) is 0 Å². The van der Waals surface area contributed by atoms with Crippen molar-refractivity contribution in [1.29, 1.82) is 5.26 Å². The second-order valence-corrected chi connectivity index (χ2v) is 8.87. The molecule has 0 spiro atoms. The van der Waals surface area contributed by atoms with Crippen LogP contribution in [-0.2, 0) is 16.0 Å². The van der Waals surface area contributed by atoms with Gasteiger partial charge in [0.2, 0.25) is 0 Å². The highest BCUT2D eigenvalue weighted by atomic mass is 16.5. The van der Waals surface area contributed by atoms with Gasteiger partial charge >= 0.3 is 12.1 Å². The van der Waals surface area contributed by atoms with Gasteiger partial charge in [0.25, 0.3) is 0 Å². The van der Waals surface area contributed by atoms with E-state index in [1.165, 1.54) is 0 Å². The predicted octanol–water partition coefficient (Wildman–Crippen LogP) is 5.68. The van der Waals surface area contributed by atoms with Gasteiger partial charge in [-0.25, -0.2) is 9.59 Å². The Hall–Kier alpha value is -4.11. The average molecular weight is 469 g/mol. The van der Waals surface area contributed by atoms with Gasteiger partial charge in [-0.05, 0) is 47.1 Å². The minimum absolute atomic E-state index is 0.106. The number of ether oxygens (including phenoxy) is 1. The van der Waals surface area contributed by atoms with Crippen molar-refractivity contribution >= 4 is 12.1 Å². The van der Waals surface area contributed by atoms with E-state index in [-0.39, 0.29) is 25.4 Å². The fourth-order valence-corrected chi connectivity index (χ4v) is 4.84. The van der Waals surface area contributed by atoms with E-state index in [2.05, 4.69) is 23.5 Å². The largest absolute Gasteiger partial charge is 0.479 e. The maximum Gasteiger partial charge on any atom is 0.408 e. The lowest BCUT2D eigenvalue weighted by atomic mass is 9.85. The molecule has 4 rings (SSSR count). The molecule has 2 N–H and O–H groups in total. The van der Waals surface area contributed by atoms with Crippen LogP contribution < -0.4 is 5.32 Å². The SMILES string of the molecule is N#CCCCCC(Cc1ccccc1)(NC(=O)OCC1c2ccccc2-c2ccccc21)C(=O)O. The lowest BCUT2D eigenvalue weighted by molar-refractivity contribution is -0.145. The molecule has 1 unspecified atom stereocenters. The zero-order valence-electron chi connectivity index (χ0n) is 19.4. The molecule has 0 aliphatic heterocycles. The molecule has 3 aromatic rings. The van der Waals surface area contributed by atoms with Crippen molar-refractivity contribution in [2.45, 2.75) is 43.6 Å². The summed E-state index contributed by atoms with van der Waals surface area (Å²) in [6.45, 7) is 0.106. The molecule has 1 amide bonds. The molecule has 0 fully saturated rings. The van der Waals surface area contributed by atoms with Gasteiger partial charge in [-0.2, -0.15) is 5.26 Å². The highest BCUT2D eigenvalue weighted by molar-refractivity contribution is 5.85. The topological polar surface area (TPSA) is 99.4 Å². The van der Waals surface area contributed by atoms with Gasteiger partial charge < -0.3 is 15.2 Å². The number of hydrogen-bond donors (Lipinski definition) is 2. The zero-order valence-corrected chi connectivity index (χ0v) is 19.4. The Labute approximate surface area is 205 Å². The quantitative estimate of drug-likeness (QED) is 0.373. The van der Waals surface area contributed by atoms with Crippen molar-refractivity contribution in [2.75, 3.05) is 6.61 Å². The molecule has 6 heteroatoms. The van der Waals surface area contributed by atoms with Crippen molar-refractivity contribution in [3.8, 4) is 17.2 Å². The Morgan fingerprint density at radius 1 is 0.914 bits per heavy atom. The standard InChI is InChI=1S/C29H28N2O4/c30-18-10-2-9-17-29(27(32)33,19-21-11-3-1-4-12-21)31-28(34)35-20-26-24-15-7-5-13-22(24)23-14-6-8-16-25(23)26/h1,3-8,11-16,26H,2,9-10,17,19-20H2,(H,31,34)(H,32,33). The van der Waals surface area contributed by atoms with E-state index in [4.69, 9.17) is 10.00 Å². The fourth-order valence-electron chi connectivity index (χ4n) is 4.84. The first-order chi connectivity index (χ1) is 17.0. The molecule has 0 saturated carbocycles. The number of aliphatic carboxylic acids is 1. The Kier molecular flexibility index (Phi) is 7.47. The van der Waals surface area contributed by atoms with Crippen LogP contribution in [0.3, 0.4) is 0 Å². The van der Waals surface area contributed by atoms with Crippen LogP contribution in [0.1, 0.15) is 48.3 Å². The molecule has 1 aliphatic rings. The minimum atomic E-state index is -1.53. The molecule has 1 atom stereocenters. The molecular weight excluding hydrogens is 440 g/mol. The third-order valence-corrected chi connectivity index (χ3v) is 6.59. The number of unbranched alkanes of at least 4 members (excludes halogenated alkanes) is 2. The number of nitrogens with zero attached hydrogens (tertiary/aromatic N) is 1. The Bertz CT molecular complexity index is 1190. The first-order valence-electron chi connectivity index (χ1n) is 11.8. The highest BCUT2D eigenvalue weighted by Crippen LogP contribution is 2.44. The molecule has 0 saturated heterocycles. The van der Waals surface area contributed by atoms with Crippen LogP contribution in [0.25, 0.3) is 11.1 Å². The van der Waals surface area contributed by atoms with Gasteiger partial charge in [0.1, 0.15) is 12.1 Å². The van der Waals surface area contributed by atoms with Gasteiger partial charge in [0.05, 0.1) is 6.07 Å². The number of carboxylic acid groups (broad SMARTS) is 1.